The van der Waals surface area contributed by atoms with Gasteiger partial charge in [-0.25, -0.2) is 9.78 Å². The van der Waals surface area contributed by atoms with Crippen LogP contribution in [0, 0.1) is 0 Å². The van der Waals surface area contributed by atoms with Gasteiger partial charge >= 0.3 is 5.97 Å². The summed E-state index contributed by atoms with van der Waals surface area (Å²) in [5.41, 5.74) is 0.843. The third-order valence-electron chi connectivity index (χ3n) is 2.99. The lowest BCUT2D eigenvalue weighted by molar-refractivity contribution is -0.121. The Bertz CT molecular complexity index is 515. The molecule has 3 N–H and O–H groups in total. The van der Waals surface area contributed by atoms with E-state index in [1.807, 2.05) is 20.8 Å². The first-order valence-corrected chi connectivity index (χ1v) is 7.14. The summed E-state index contributed by atoms with van der Waals surface area (Å²) in [4.78, 5) is 27.3. The van der Waals surface area contributed by atoms with Crippen LogP contribution >= 0.6 is 0 Å². The molecule has 0 saturated heterocycles. The lowest BCUT2D eigenvalue weighted by Gasteiger charge is -2.16. The van der Waals surface area contributed by atoms with Gasteiger partial charge < -0.3 is 15.7 Å². The van der Waals surface area contributed by atoms with Crippen LogP contribution in [0.4, 0.5) is 5.82 Å². The van der Waals surface area contributed by atoms with Gasteiger partial charge in [0.25, 0.3) is 0 Å². The monoisotopic (exact) mass is 293 g/mol. The van der Waals surface area contributed by atoms with Crippen molar-refractivity contribution >= 4 is 17.7 Å². The molecule has 1 unspecified atom stereocenters. The maximum absolute atomic E-state index is 11.8. The average Bonchev–Trinajstić information content (AvgIpc) is 2.44. The minimum atomic E-state index is -1.01. The van der Waals surface area contributed by atoms with E-state index in [1.165, 1.54) is 6.07 Å². The van der Waals surface area contributed by atoms with Crippen molar-refractivity contribution in [2.75, 3.05) is 11.9 Å². The molecule has 0 aromatic carbocycles. The first-order valence-electron chi connectivity index (χ1n) is 7.14. The van der Waals surface area contributed by atoms with Crippen molar-refractivity contribution in [2.45, 2.75) is 46.1 Å². The Balaban J connectivity index is 2.91. The molecule has 0 radical (unpaired) electrons. The lowest BCUT2D eigenvalue weighted by Crippen LogP contribution is -2.38. The van der Waals surface area contributed by atoms with Crippen LogP contribution < -0.4 is 10.6 Å². The third-order valence-corrected chi connectivity index (χ3v) is 2.99. The van der Waals surface area contributed by atoms with Crippen LogP contribution in [-0.4, -0.2) is 34.6 Å². The van der Waals surface area contributed by atoms with Gasteiger partial charge in [0.1, 0.15) is 11.9 Å². The predicted octanol–water partition coefficient (Wildman–Crippen LogP) is 2.23. The summed E-state index contributed by atoms with van der Waals surface area (Å²) in [6.45, 7) is 8.19. The van der Waals surface area contributed by atoms with Gasteiger partial charge in [-0.1, -0.05) is 20.8 Å². The van der Waals surface area contributed by atoms with Crippen molar-refractivity contribution in [2.24, 2.45) is 0 Å². The number of hydrogen-bond donors (Lipinski definition) is 3. The Morgan fingerprint density at radius 3 is 2.48 bits per heavy atom. The number of carbonyl (C=O) groups is 2. The number of carboxylic acid groups (broad SMARTS) is 1. The second-order valence-electron chi connectivity index (χ2n) is 5.28. The van der Waals surface area contributed by atoms with E-state index in [4.69, 9.17) is 5.11 Å². The SMILES string of the molecule is CCCNC(=O)C(C)Nc1cc(C(=O)O)cc(C(C)C)n1. The Kier molecular flexibility index (Phi) is 6.14. The molecule has 1 atom stereocenters. The van der Waals surface area contributed by atoms with Gasteiger partial charge in [-0.05, 0) is 31.4 Å². The summed E-state index contributed by atoms with van der Waals surface area (Å²) in [5.74, 6) is -0.636. The molecular weight excluding hydrogens is 270 g/mol. The van der Waals surface area contributed by atoms with Gasteiger partial charge in [0.2, 0.25) is 5.91 Å². The van der Waals surface area contributed by atoms with Gasteiger partial charge in [0.05, 0.1) is 5.56 Å². The van der Waals surface area contributed by atoms with Crippen molar-refractivity contribution < 1.29 is 14.7 Å². The highest BCUT2D eigenvalue weighted by atomic mass is 16.4. The topological polar surface area (TPSA) is 91.3 Å². The molecule has 1 heterocycles. The second kappa shape index (κ2) is 7.61. The van der Waals surface area contributed by atoms with Crippen LogP contribution in [0.1, 0.15) is 56.1 Å². The number of anilines is 1. The van der Waals surface area contributed by atoms with E-state index in [1.54, 1.807) is 13.0 Å². The van der Waals surface area contributed by atoms with Crippen molar-refractivity contribution in [1.82, 2.24) is 10.3 Å². The number of pyridine rings is 1. The molecule has 1 aromatic rings. The fourth-order valence-corrected chi connectivity index (χ4v) is 1.73. The molecule has 0 bridgehead atoms. The van der Waals surface area contributed by atoms with Gasteiger partial charge in [0, 0.05) is 12.2 Å². The van der Waals surface area contributed by atoms with Crippen LogP contribution in [-0.2, 0) is 4.79 Å². The van der Waals surface area contributed by atoms with E-state index in [0.717, 1.165) is 6.42 Å². The number of aromatic nitrogens is 1. The normalized spacial score (nSPS) is 12.0. The highest BCUT2D eigenvalue weighted by Crippen LogP contribution is 2.18. The third kappa shape index (κ3) is 5.06. The van der Waals surface area contributed by atoms with Crippen LogP contribution in [0.5, 0.6) is 0 Å². The minimum absolute atomic E-state index is 0.106. The number of aromatic carboxylic acids is 1. The number of rotatable bonds is 7. The van der Waals surface area contributed by atoms with Gasteiger partial charge in [-0.2, -0.15) is 0 Å². The molecule has 6 nitrogen and oxygen atoms in total. The molecule has 0 fully saturated rings. The van der Waals surface area contributed by atoms with E-state index < -0.39 is 12.0 Å². The smallest absolute Gasteiger partial charge is 0.335 e. The molecule has 1 aromatic heterocycles. The molecule has 6 heteroatoms. The number of amides is 1. The standard InChI is InChI=1S/C15H23N3O3/c1-5-6-16-14(19)10(4)17-13-8-11(15(20)21)7-12(18-13)9(2)3/h7-10H,5-6H2,1-4H3,(H,16,19)(H,17,18)(H,20,21). The van der Waals surface area contributed by atoms with Crippen LogP contribution in [0.25, 0.3) is 0 Å². The molecule has 0 spiro atoms. The average molecular weight is 293 g/mol. The number of carboxylic acids is 1. The Labute approximate surface area is 125 Å². The molecule has 116 valence electrons. The van der Waals surface area contributed by atoms with Gasteiger partial charge in [-0.15, -0.1) is 0 Å². The quantitative estimate of drug-likeness (QED) is 0.717. The number of nitrogens with one attached hydrogen (secondary N) is 2. The number of nitrogens with zero attached hydrogens (tertiary/aromatic N) is 1. The van der Waals surface area contributed by atoms with E-state index in [2.05, 4.69) is 15.6 Å². The first kappa shape index (κ1) is 16.9. The summed E-state index contributed by atoms with van der Waals surface area (Å²) in [6.07, 6.45) is 0.864. The largest absolute Gasteiger partial charge is 0.478 e. The summed E-state index contributed by atoms with van der Waals surface area (Å²) < 4.78 is 0. The fraction of sp³-hybridized carbons (Fsp3) is 0.533. The fourth-order valence-electron chi connectivity index (χ4n) is 1.73. The first-order chi connectivity index (χ1) is 9.85. The molecule has 0 aliphatic heterocycles. The maximum Gasteiger partial charge on any atom is 0.335 e. The van der Waals surface area contributed by atoms with Crippen molar-refractivity contribution in [3.8, 4) is 0 Å². The highest BCUT2D eigenvalue weighted by molar-refractivity contribution is 5.89. The van der Waals surface area contributed by atoms with Gasteiger partial charge in [-0.3, -0.25) is 4.79 Å². The number of carbonyl (C=O) groups excluding carboxylic acids is 1. The summed E-state index contributed by atoms with van der Waals surface area (Å²) >= 11 is 0. The molecule has 0 aliphatic carbocycles. The zero-order valence-corrected chi connectivity index (χ0v) is 12.9. The molecule has 0 saturated carbocycles. The number of hydrogen-bond acceptors (Lipinski definition) is 4. The summed E-state index contributed by atoms with van der Waals surface area (Å²) in [5, 5.41) is 14.9. The van der Waals surface area contributed by atoms with Crippen molar-refractivity contribution in [3.05, 3.63) is 23.4 Å². The van der Waals surface area contributed by atoms with Gasteiger partial charge in [0.15, 0.2) is 0 Å². The summed E-state index contributed by atoms with van der Waals surface area (Å²) in [7, 11) is 0. The zero-order valence-electron chi connectivity index (χ0n) is 12.9. The van der Waals surface area contributed by atoms with Crippen LogP contribution in [0.2, 0.25) is 0 Å². The Hall–Kier alpha value is -2.11. The van der Waals surface area contributed by atoms with E-state index >= 15 is 0 Å². The lowest BCUT2D eigenvalue weighted by atomic mass is 10.1. The molecule has 21 heavy (non-hydrogen) atoms. The highest BCUT2D eigenvalue weighted by Gasteiger charge is 2.15. The van der Waals surface area contributed by atoms with E-state index in [-0.39, 0.29) is 17.4 Å². The predicted molar refractivity (Wildman–Crippen MR) is 81.7 cm³/mol. The molecular formula is C15H23N3O3. The van der Waals surface area contributed by atoms with Crippen molar-refractivity contribution in [1.29, 1.82) is 0 Å². The molecule has 0 aliphatic rings. The summed E-state index contributed by atoms with van der Waals surface area (Å²) in [6, 6.07) is 2.52. The zero-order chi connectivity index (χ0) is 16.0. The second-order valence-corrected chi connectivity index (χ2v) is 5.28. The Morgan fingerprint density at radius 2 is 1.95 bits per heavy atom. The Morgan fingerprint density at radius 1 is 1.29 bits per heavy atom. The van der Waals surface area contributed by atoms with Crippen LogP contribution in [0.3, 0.4) is 0 Å². The van der Waals surface area contributed by atoms with E-state index in [0.29, 0.717) is 18.1 Å². The van der Waals surface area contributed by atoms with Crippen LogP contribution in [0.15, 0.2) is 12.1 Å². The van der Waals surface area contributed by atoms with Crippen molar-refractivity contribution in [3.63, 3.8) is 0 Å². The van der Waals surface area contributed by atoms with E-state index in [9.17, 15) is 9.59 Å². The molecule has 1 amide bonds. The minimum Gasteiger partial charge on any atom is -0.478 e. The molecule has 1 rings (SSSR count). The maximum atomic E-state index is 11.8.